The van der Waals surface area contributed by atoms with Gasteiger partial charge in [-0.1, -0.05) is 6.58 Å². The van der Waals surface area contributed by atoms with Gasteiger partial charge in [0.1, 0.15) is 0 Å². The average Bonchev–Trinajstić information content (AvgIpc) is 2.00. The highest BCUT2D eigenvalue weighted by Gasteiger charge is 1.81. The van der Waals surface area contributed by atoms with Gasteiger partial charge in [0.05, 0.1) is 13.2 Å². The quantitative estimate of drug-likeness (QED) is 0.615. The molecule has 0 amide bonds. The predicted octanol–water partition coefficient (Wildman–Crippen LogP) is 1.15. The SMILES string of the molecule is C=CN.CCOCCOCC. The number of hydrogen-bond acceptors (Lipinski definition) is 3. The highest BCUT2D eigenvalue weighted by atomic mass is 16.5. The lowest BCUT2D eigenvalue weighted by atomic mass is 10.7. The van der Waals surface area contributed by atoms with Crippen LogP contribution in [0.2, 0.25) is 0 Å². The molecule has 68 valence electrons. The third kappa shape index (κ3) is 26.5. The van der Waals surface area contributed by atoms with Crippen molar-refractivity contribution in [3.63, 3.8) is 0 Å². The van der Waals surface area contributed by atoms with Crippen molar-refractivity contribution in [2.45, 2.75) is 13.8 Å². The van der Waals surface area contributed by atoms with Crippen molar-refractivity contribution < 1.29 is 9.47 Å². The molecule has 0 unspecified atom stereocenters. The first-order valence-electron chi connectivity index (χ1n) is 3.81. The fraction of sp³-hybridized carbons (Fsp3) is 0.750. The Morgan fingerprint density at radius 1 is 1.18 bits per heavy atom. The van der Waals surface area contributed by atoms with Crippen LogP contribution in [-0.4, -0.2) is 26.4 Å². The van der Waals surface area contributed by atoms with E-state index in [-0.39, 0.29) is 0 Å². The van der Waals surface area contributed by atoms with E-state index in [9.17, 15) is 0 Å². The maximum absolute atomic E-state index is 5.01. The maximum atomic E-state index is 5.01. The lowest BCUT2D eigenvalue weighted by Crippen LogP contribution is -2.02. The lowest BCUT2D eigenvalue weighted by Gasteiger charge is -1.99. The highest BCUT2D eigenvalue weighted by Crippen LogP contribution is 1.75. The van der Waals surface area contributed by atoms with Crippen LogP contribution < -0.4 is 5.73 Å². The van der Waals surface area contributed by atoms with E-state index in [1.165, 1.54) is 6.20 Å². The fourth-order valence-electron chi connectivity index (χ4n) is 0.407. The first-order chi connectivity index (χ1) is 5.33. The summed E-state index contributed by atoms with van der Waals surface area (Å²) in [6, 6.07) is 0. The van der Waals surface area contributed by atoms with E-state index in [4.69, 9.17) is 9.47 Å². The van der Waals surface area contributed by atoms with E-state index in [1.54, 1.807) is 0 Å². The molecule has 0 aromatic carbocycles. The van der Waals surface area contributed by atoms with Gasteiger partial charge < -0.3 is 15.2 Å². The van der Waals surface area contributed by atoms with Gasteiger partial charge in [-0.15, -0.1) is 0 Å². The molecule has 0 aromatic rings. The summed E-state index contributed by atoms with van der Waals surface area (Å²) < 4.78 is 10.0. The number of ether oxygens (including phenoxy) is 2. The Balaban J connectivity index is 0. The molecule has 3 nitrogen and oxygen atoms in total. The van der Waals surface area contributed by atoms with E-state index in [1.807, 2.05) is 13.8 Å². The number of nitrogens with two attached hydrogens (primary N) is 1. The molecule has 0 radical (unpaired) electrons. The summed E-state index contributed by atoms with van der Waals surface area (Å²) in [4.78, 5) is 0. The van der Waals surface area contributed by atoms with Gasteiger partial charge in [-0.05, 0) is 20.0 Å². The summed E-state index contributed by atoms with van der Waals surface area (Å²) in [6.07, 6.45) is 1.25. The van der Waals surface area contributed by atoms with Crippen LogP contribution >= 0.6 is 0 Å². The Bertz CT molecular complexity index is 61.1. The molecule has 0 aliphatic rings. The standard InChI is InChI=1S/C6H14O2.C2H5N/c1-3-7-5-6-8-4-2;1-2-3/h3-6H2,1-2H3;2H,1,3H2. The van der Waals surface area contributed by atoms with Crippen molar-refractivity contribution in [2.24, 2.45) is 5.73 Å². The van der Waals surface area contributed by atoms with Crippen LogP contribution in [0.5, 0.6) is 0 Å². The van der Waals surface area contributed by atoms with Crippen LogP contribution in [0.4, 0.5) is 0 Å². The topological polar surface area (TPSA) is 44.5 Å². The molecule has 0 aromatic heterocycles. The van der Waals surface area contributed by atoms with Crippen LogP contribution in [0.15, 0.2) is 12.8 Å². The van der Waals surface area contributed by atoms with E-state index in [0.717, 1.165) is 26.4 Å². The maximum Gasteiger partial charge on any atom is 0.0700 e. The minimum Gasteiger partial charge on any atom is -0.405 e. The van der Waals surface area contributed by atoms with E-state index >= 15 is 0 Å². The molecule has 0 bridgehead atoms. The summed E-state index contributed by atoms with van der Waals surface area (Å²) in [6.45, 7) is 10.1. The van der Waals surface area contributed by atoms with E-state index in [0.29, 0.717) is 0 Å². The van der Waals surface area contributed by atoms with Gasteiger partial charge in [0.25, 0.3) is 0 Å². The summed E-state index contributed by atoms with van der Waals surface area (Å²) in [5.41, 5.74) is 4.61. The van der Waals surface area contributed by atoms with E-state index in [2.05, 4.69) is 12.3 Å². The Morgan fingerprint density at radius 2 is 1.45 bits per heavy atom. The van der Waals surface area contributed by atoms with Crippen LogP contribution in [0, 0.1) is 0 Å². The molecule has 0 atom stereocenters. The van der Waals surface area contributed by atoms with Crippen LogP contribution in [0.3, 0.4) is 0 Å². The van der Waals surface area contributed by atoms with Crippen molar-refractivity contribution in [1.29, 1.82) is 0 Å². The van der Waals surface area contributed by atoms with Crippen LogP contribution in [-0.2, 0) is 9.47 Å². The number of hydrogen-bond donors (Lipinski definition) is 1. The lowest BCUT2D eigenvalue weighted by molar-refractivity contribution is 0.0584. The molecule has 0 aliphatic carbocycles. The monoisotopic (exact) mass is 161 g/mol. The molecule has 0 fully saturated rings. The molecule has 0 aliphatic heterocycles. The third-order valence-corrected chi connectivity index (χ3v) is 0.780. The predicted molar refractivity (Wildman–Crippen MR) is 47.4 cm³/mol. The van der Waals surface area contributed by atoms with Crippen molar-refractivity contribution >= 4 is 0 Å². The molecule has 11 heavy (non-hydrogen) atoms. The summed E-state index contributed by atoms with van der Waals surface area (Å²) in [7, 11) is 0. The summed E-state index contributed by atoms with van der Waals surface area (Å²) in [5, 5.41) is 0. The first kappa shape index (κ1) is 13.1. The van der Waals surface area contributed by atoms with Gasteiger partial charge in [-0.3, -0.25) is 0 Å². The van der Waals surface area contributed by atoms with Crippen molar-refractivity contribution in [1.82, 2.24) is 0 Å². The minimum absolute atomic E-state index is 0.727. The van der Waals surface area contributed by atoms with Crippen LogP contribution in [0.25, 0.3) is 0 Å². The molecule has 0 saturated heterocycles. The van der Waals surface area contributed by atoms with E-state index < -0.39 is 0 Å². The van der Waals surface area contributed by atoms with Crippen molar-refractivity contribution in [2.75, 3.05) is 26.4 Å². The second kappa shape index (κ2) is 16.2. The molecule has 2 N–H and O–H groups in total. The minimum atomic E-state index is 0.727. The first-order valence-corrected chi connectivity index (χ1v) is 3.81. The Kier molecular flexibility index (Phi) is 19.3. The molecule has 3 heteroatoms. The average molecular weight is 161 g/mol. The Morgan fingerprint density at radius 3 is 1.64 bits per heavy atom. The van der Waals surface area contributed by atoms with Gasteiger partial charge in [-0.25, -0.2) is 0 Å². The van der Waals surface area contributed by atoms with Gasteiger partial charge in [0.2, 0.25) is 0 Å². The zero-order valence-corrected chi connectivity index (χ0v) is 7.51. The van der Waals surface area contributed by atoms with Gasteiger partial charge >= 0.3 is 0 Å². The zero-order chi connectivity index (χ0) is 8.95. The second-order valence-corrected chi connectivity index (χ2v) is 1.63. The fourth-order valence-corrected chi connectivity index (χ4v) is 0.407. The van der Waals surface area contributed by atoms with Crippen LogP contribution in [0.1, 0.15) is 13.8 Å². The van der Waals surface area contributed by atoms with Crippen molar-refractivity contribution in [3.05, 3.63) is 12.8 Å². The van der Waals surface area contributed by atoms with Gasteiger partial charge in [-0.2, -0.15) is 0 Å². The Hall–Kier alpha value is -0.540. The molecule has 0 rings (SSSR count). The summed E-state index contributed by atoms with van der Waals surface area (Å²) in [5.74, 6) is 0. The second-order valence-electron chi connectivity index (χ2n) is 1.63. The third-order valence-electron chi connectivity index (χ3n) is 0.780. The highest BCUT2D eigenvalue weighted by molar-refractivity contribution is 4.48. The summed E-state index contributed by atoms with van der Waals surface area (Å²) >= 11 is 0. The largest absolute Gasteiger partial charge is 0.405 e. The zero-order valence-electron chi connectivity index (χ0n) is 7.51. The molecule has 0 spiro atoms. The molecular weight excluding hydrogens is 142 g/mol. The Labute approximate surface area is 69.2 Å². The number of rotatable bonds is 5. The van der Waals surface area contributed by atoms with Crippen molar-refractivity contribution in [3.8, 4) is 0 Å². The van der Waals surface area contributed by atoms with Gasteiger partial charge in [0.15, 0.2) is 0 Å². The smallest absolute Gasteiger partial charge is 0.0700 e. The normalized spacial score (nSPS) is 8.18. The molecular formula is C8H19NO2. The molecule has 0 heterocycles. The van der Waals surface area contributed by atoms with Gasteiger partial charge in [0, 0.05) is 13.2 Å². The molecule has 0 saturated carbocycles.